The van der Waals surface area contributed by atoms with Crippen LogP contribution in [0.5, 0.6) is 0 Å². The molecule has 0 saturated carbocycles. The third kappa shape index (κ3) is 10.4. The van der Waals surface area contributed by atoms with Gasteiger partial charge >= 0.3 is 12.1 Å². The average Bonchev–Trinajstić information content (AvgIpc) is 2.63. The number of hydrogen-bond acceptors (Lipinski definition) is 5. The van der Waals surface area contributed by atoms with Crippen LogP contribution in [0, 0.1) is 0 Å². The van der Waals surface area contributed by atoms with Crippen LogP contribution in [0.25, 0.3) is 0 Å². The standard InChI is InChI=1S/C27H43NO5/c1-11-32-23(30)15-19(14-22(29)17-28-24(31)33-27(8,9)10)18-12-20(25(2,3)4)16-21(13-18)26(5,6)7/h12-13,16,19H,11,14-15,17H2,1-10H3,(H,28,31)/t19-/m0/s1. The van der Waals surface area contributed by atoms with Crippen molar-refractivity contribution < 1.29 is 23.9 Å². The summed E-state index contributed by atoms with van der Waals surface area (Å²) >= 11 is 0. The summed E-state index contributed by atoms with van der Waals surface area (Å²) in [5.41, 5.74) is 2.41. The maximum Gasteiger partial charge on any atom is 0.408 e. The van der Waals surface area contributed by atoms with E-state index in [0.29, 0.717) is 0 Å². The first-order valence-corrected chi connectivity index (χ1v) is 11.7. The minimum atomic E-state index is -0.643. The van der Waals surface area contributed by atoms with Gasteiger partial charge in [-0.3, -0.25) is 9.59 Å². The highest BCUT2D eigenvalue weighted by atomic mass is 16.6. The first kappa shape index (κ1) is 28.7. The summed E-state index contributed by atoms with van der Waals surface area (Å²) in [5, 5.41) is 2.52. The van der Waals surface area contributed by atoms with E-state index >= 15 is 0 Å². The SMILES string of the molecule is CCOC(=O)C[C@H](CC(=O)CNC(=O)OC(C)(C)C)c1cc(C(C)(C)C)cc(C(C)(C)C)c1. The van der Waals surface area contributed by atoms with Gasteiger partial charge in [-0.05, 0) is 55.2 Å². The first-order valence-electron chi connectivity index (χ1n) is 11.7. The number of amides is 1. The van der Waals surface area contributed by atoms with E-state index < -0.39 is 11.7 Å². The van der Waals surface area contributed by atoms with Gasteiger partial charge in [-0.15, -0.1) is 0 Å². The van der Waals surface area contributed by atoms with Gasteiger partial charge in [0.05, 0.1) is 19.6 Å². The van der Waals surface area contributed by atoms with Gasteiger partial charge in [0.25, 0.3) is 0 Å². The van der Waals surface area contributed by atoms with E-state index in [1.165, 1.54) is 0 Å². The summed E-state index contributed by atoms with van der Waals surface area (Å²) in [4.78, 5) is 37.1. The molecule has 1 amide bonds. The molecule has 0 radical (unpaired) electrons. The Kier molecular flexibility index (Phi) is 9.70. The normalized spacial score (nSPS) is 13.3. The van der Waals surface area contributed by atoms with E-state index in [0.717, 1.165) is 16.7 Å². The molecule has 0 spiro atoms. The number of hydrogen-bond donors (Lipinski definition) is 1. The van der Waals surface area contributed by atoms with E-state index in [1.807, 2.05) is 0 Å². The maximum absolute atomic E-state index is 12.8. The Labute approximate surface area is 199 Å². The third-order valence-corrected chi connectivity index (χ3v) is 5.18. The Hall–Kier alpha value is -2.37. The second-order valence-corrected chi connectivity index (χ2v) is 11.6. The van der Waals surface area contributed by atoms with Crippen LogP contribution in [-0.2, 0) is 29.9 Å². The monoisotopic (exact) mass is 461 g/mol. The van der Waals surface area contributed by atoms with E-state index in [1.54, 1.807) is 27.7 Å². The number of benzene rings is 1. The largest absolute Gasteiger partial charge is 0.466 e. The van der Waals surface area contributed by atoms with Gasteiger partial charge in [-0.2, -0.15) is 0 Å². The highest BCUT2D eigenvalue weighted by Crippen LogP contribution is 2.34. The van der Waals surface area contributed by atoms with Crippen LogP contribution in [0.2, 0.25) is 0 Å². The molecule has 0 aliphatic rings. The molecule has 33 heavy (non-hydrogen) atoms. The molecule has 0 heterocycles. The topological polar surface area (TPSA) is 81.7 Å². The summed E-state index contributed by atoms with van der Waals surface area (Å²) < 4.78 is 10.4. The van der Waals surface area contributed by atoms with Crippen molar-refractivity contribution in [2.75, 3.05) is 13.2 Å². The van der Waals surface area contributed by atoms with Crippen molar-refractivity contribution in [1.29, 1.82) is 0 Å². The molecule has 186 valence electrons. The molecule has 0 unspecified atom stereocenters. The average molecular weight is 462 g/mol. The second kappa shape index (κ2) is 11.2. The number of nitrogens with one attached hydrogen (secondary N) is 1. The van der Waals surface area contributed by atoms with E-state index in [2.05, 4.69) is 65.1 Å². The molecule has 1 atom stereocenters. The minimum Gasteiger partial charge on any atom is -0.466 e. The Bertz CT molecular complexity index is 805. The number of rotatable bonds is 8. The predicted octanol–water partition coefficient (Wildman–Crippen LogP) is 5.80. The summed E-state index contributed by atoms with van der Waals surface area (Å²) in [7, 11) is 0. The van der Waals surface area contributed by atoms with Crippen LogP contribution in [-0.4, -0.2) is 36.6 Å². The van der Waals surface area contributed by atoms with Crippen LogP contribution >= 0.6 is 0 Å². The Balaban J connectivity index is 3.22. The molecule has 0 bridgehead atoms. The lowest BCUT2D eigenvalue weighted by Gasteiger charge is -2.28. The molecule has 0 aliphatic carbocycles. The van der Waals surface area contributed by atoms with E-state index in [-0.39, 0.29) is 54.5 Å². The lowest BCUT2D eigenvalue weighted by molar-refractivity contribution is -0.143. The van der Waals surface area contributed by atoms with Crippen LogP contribution in [0.1, 0.15) is 105 Å². The lowest BCUT2D eigenvalue weighted by atomic mass is 9.77. The molecule has 1 N–H and O–H groups in total. The van der Waals surface area contributed by atoms with Gasteiger partial charge in [-0.25, -0.2) is 4.79 Å². The molecule has 0 aromatic heterocycles. The molecule has 1 rings (SSSR count). The summed E-state index contributed by atoms with van der Waals surface area (Å²) in [6.45, 7) is 20.1. The van der Waals surface area contributed by atoms with Gasteiger partial charge in [0.2, 0.25) is 0 Å². The van der Waals surface area contributed by atoms with E-state index in [4.69, 9.17) is 9.47 Å². The fourth-order valence-electron chi connectivity index (χ4n) is 3.31. The number of Topliss-reactive ketones (excluding diaryl/α,β-unsaturated/α-hetero) is 1. The number of esters is 1. The van der Waals surface area contributed by atoms with Crippen LogP contribution in [0.4, 0.5) is 4.79 Å². The summed E-state index contributed by atoms with van der Waals surface area (Å²) in [5.74, 6) is -0.858. The maximum atomic E-state index is 12.8. The summed E-state index contributed by atoms with van der Waals surface area (Å²) in [6.07, 6.45) is -0.419. The van der Waals surface area contributed by atoms with Crippen LogP contribution in [0.3, 0.4) is 0 Å². The molecule has 0 aliphatic heterocycles. The molecular formula is C27H43NO5. The summed E-state index contributed by atoms with van der Waals surface area (Å²) in [6, 6.07) is 6.39. The molecule has 6 nitrogen and oxygen atoms in total. The third-order valence-electron chi connectivity index (χ3n) is 5.18. The van der Waals surface area contributed by atoms with Gasteiger partial charge in [-0.1, -0.05) is 59.7 Å². The van der Waals surface area contributed by atoms with Crippen molar-refractivity contribution >= 4 is 17.8 Å². The zero-order valence-corrected chi connectivity index (χ0v) is 22.2. The number of alkyl carbamates (subject to hydrolysis) is 1. The van der Waals surface area contributed by atoms with Gasteiger partial charge < -0.3 is 14.8 Å². The Morgan fingerprint density at radius 3 is 1.79 bits per heavy atom. The molecule has 1 aromatic carbocycles. The van der Waals surface area contributed by atoms with Crippen molar-refractivity contribution in [1.82, 2.24) is 5.32 Å². The molecule has 1 aromatic rings. The van der Waals surface area contributed by atoms with Gasteiger partial charge in [0.15, 0.2) is 5.78 Å². The fourth-order valence-corrected chi connectivity index (χ4v) is 3.31. The molecule has 0 saturated heterocycles. The number of carbonyl (C=O) groups is 3. The highest BCUT2D eigenvalue weighted by molar-refractivity contribution is 5.85. The van der Waals surface area contributed by atoms with Crippen molar-refractivity contribution in [3.05, 3.63) is 34.9 Å². The number of ether oxygens (including phenoxy) is 2. The van der Waals surface area contributed by atoms with Crippen molar-refractivity contribution in [2.24, 2.45) is 0 Å². The fraction of sp³-hybridized carbons (Fsp3) is 0.667. The number of ketones is 1. The van der Waals surface area contributed by atoms with Crippen LogP contribution < -0.4 is 5.32 Å². The van der Waals surface area contributed by atoms with E-state index in [9.17, 15) is 14.4 Å². The molecule has 6 heteroatoms. The van der Waals surface area contributed by atoms with Crippen LogP contribution in [0.15, 0.2) is 18.2 Å². The molecule has 0 fully saturated rings. The zero-order chi connectivity index (χ0) is 25.6. The zero-order valence-electron chi connectivity index (χ0n) is 22.2. The molecular weight excluding hydrogens is 418 g/mol. The van der Waals surface area contributed by atoms with Crippen molar-refractivity contribution in [2.45, 2.75) is 104 Å². The number of carbonyl (C=O) groups excluding carboxylic acids is 3. The Morgan fingerprint density at radius 1 is 0.848 bits per heavy atom. The lowest BCUT2D eigenvalue weighted by Crippen LogP contribution is -2.35. The second-order valence-electron chi connectivity index (χ2n) is 11.6. The predicted molar refractivity (Wildman–Crippen MR) is 132 cm³/mol. The Morgan fingerprint density at radius 2 is 1.36 bits per heavy atom. The van der Waals surface area contributed by atoms with Gasteiger partial charge in [0.1, 0.15) is 5.60 Å². The minimum absolute atomic E-state index is 0.0905. The van der Waals surface area contributed by atoms with Gasteiger partial charge in [0, 0.05) is 12.3 Å². The highest BCUT2D eigenvalue weighted by Gasteiger charge is 2.26. The van der Waals surface area contributed by atoms with Crippen molar-refractivity contribution in [3.63, 3.8) is 0 Å². The smallest absolute Gasteiger partial charge is 0.408 e. The quantitative estimate of drug-likeness (QED) is 0.495. The first-order chi connectivity index (χ1) is 14.9. The van der Waals surface area contributed by atoms with Crippen molar-refractivity contribution in [3.8, 4) is 0 Å².